The van der Waals surface area contributed by atoms with E-state index in [2.05, 4.69) is 20.6 Å². The molecule has 0 aromatic carbocycles. The van der Waals surface area contributed by atoms with Gasteiger partial charge in [0.05, 0.1) is 12.0 Å². The Kier molecular flexibility index (Phi) is 2.19. The van der Waals surface area contributed by atoms with Crippen molar-refractivity contribution in [1.29, 1.82) is 0 Å². The molecule has 0 spiro atoms. The van der Waals surface area contributed by atoms with Crippen LogP contribution in [0, 0.1) is 0 Å². The number of aromatic nitrogens is 4. The molecule has 0 aliphatic rings. The Hall–Kier alpha value is -0.970. The smallest absolute Gasteiger partial charge is 0.182 e. The van der Waals surface area contributed by atoms with Crippen LogP contribution in [-0.4, -0.2) is 34.3 Å². The Labute approximate surface area is 65.1 Å². The lowest BCUT2D eigenvalue weighted by Crippen LogP contribution is -2.25. The summed E-state index contributed by atoms with van der Waals surface area (Å²) in [5, 5.41) is 13.6. The number of aromatic amines is 1. The quantitative estimate of drug-likeness (QED) is 0.675. The lowest BCUT2D eigenvalue weighted by Gasteiger charge is -2.17. The first-order chi connectivity index (χ1) is 5.17. The van der Waals surface area contributed by atoms with Gasteiger partial charge >= 0.3 is 0 Å². The molecule has 0 unspecified atom stereocenters. The molecule has 0 saturated heterocycles. The zero-order valence-electron chi connectivity index (χ0n) is 6.96. The SMILES string of the molecule is COCC(C)(C)c1nn[nH]n1. The molecule has 1 aromatic heterocycles. The van der Waals surface area contributed by atoms with E-state index in [-0.39, 0.29) is 5.41 Å². The van der Waals surface area contributed by atoms with Crippen molar-refractivity contribution in [3.8, 4) is 0 Å². The summed E-state index contributed by atoms with van der Waals surface area (Å²) in [6.45, 7) is 4.59. The number of H-pyrrole nitrogens is 1. The van der Waals surface area contributed by atoms with Gasteiger partial charge in [-0.15, -0.1) is 10.2 Å². The maximum Gasteiger partial charge on any atom is 0.182 e. The van der Waals surface area contributed by atoms with E-state index < -0.39 is 0 Å². The predicted molar refractivity (Wildman–Crippen MR) is 39.1 cm³/mol. The third-order valence-corrected chi connectivity index (χ3v) is 1.46. The molecule has 1 heterocycles. The first-order valence-corrected chi connectivity index (χ1v) is 3.39. The van der Waals surface area contributed by atoms with Gasteiger partial charge in [-0.1, -0.05) is 19.1 Å². The van der Waals surface area contributed by atoms with Crippen molar-refractivity contribution in [1.82, 2.24) is 20.6 Å². The second-order valence-corrected chi connectivity index (χ2v) is 3.05. The monoisotopic (exact) mass is 156 g/mol. The average Bonchev–Trinajstić information content (AvgIpc) is 2.37. The van der Waals surface area contributed by atoms with Gasteiger partial charge < -0.3 is 4.74 Å². The molecular formula is C6H12N4O. The molecule has 1 aromatic rings. The number of nitrogens with zero attached hydrogens (tertiary/aromatic N) is 3. The maximum atomic E-state index is 5.01. The minimum atomic E-state index is -0.165. The van der Waals surface area contributed by atoms with Crippen LogP contribution in [0.4, 0.5) is 0 Å². The standard InChI is InChI=1S/C6H12N4O/c1-6(2,4-11-3)5-7-9-10-8-5/h4H2,1-3H3,(H,7,8,9,10). The van der Waals surface area contributed by atoms with Crippen LogP contribution < -0.4 is 0 Å². The van der Waals surface area contributed by atoms with Gasteiger partial charge in [-0.3, -0.25) is 0 Å². The number of hydrogen-bond donors (Lipinski definition) is 1. The first-order valence-electron chi connectivity index (χ1n) is 3.39. The summed E-state index contributed by atoms with van der Waals surface area (Å²) >= 11 is 0. The van der Waals surface area contributed by atoms with Crippen LogP contribution in [0.1, 0.15) is 19.7 Å². The number of tetrazole rings is 1. The molecule has 0 saturated carbocycles. The van der Waals surface area contributed by atoms with Crippen LogP contribution in [0.2, 0.25) is 0 Å². The third kappa shape index (κ3) is 1.74. The molecule has 0 amide bonds. The largest absolute Gasteiger partial charge is 0.384 e. The van der Waals surface area contributed by atoms with E-state index in [9.17, 15) is 0 Å². The van der Waals surface area contributed by atoms with Crippen molar-refractivity contribution in [2.75, 3.05) is 13.7 Å². The number of methoxy groups -OCH3 is 1. The van der Waals surface area contributed by atoms with Crippen LogP contribution in [0.3, 0.4) is 0 Å². The fraction of sp³-hybridized carbons (Fsp3) is 0.833. The van der Waals surface area contributed by atoms with Crippen LogP contribution >= 0.6 is 0 Å². The average molecular weight is 156 g/mol. The molecule has 0 aliphatic heterocycles. The highest BCUT2D eigenvalue weighted by Gasteiger charge is 2.24. The van der Waals surface area contributed by atoms with Gasteiger partial charge in [-0.05, 0) is 0 Å². The minimum Gasteiger partial charge on any atom is -0.384 e. The summed E-state index contributed by atoms with van der Waals surface area (Å²) in [4.78, 5) is 0. The number of ether oxygens (including phenoxy) is 1. The van der Waals surface area contributed by atoms with Gasteiger partial charge in [0.25, 0.3) is 0 Å². The molecule has 0 aliphatic carbocycles. The second kappa shape index (κ2) is 2.96. The minimum absolute atomic E-state index is 0.165. The summed E-state index contributed by atoms with van der Waals surface area (Å²) in [6, 6.07) is 0. The number of hydrogen-bond acceptors (Lipinski definition) is 4. The molecular weight excluding hydrogens is 144 g/mol. The summed E-state index contributed by atoms with van der Waals surface area (Å²) in [5.41, 5.74) is -0.165. The van der Waals surface area contributed by atoms with Crippen LogP contribution in [0.5, 0.6) is 0 Å². The van der Waals surface area contributed by atoms with Crippen molar-refractivity contribution in [3.63, 3.8) is 0 Å². The third-order valence-electron chi connectivity index (χ3n) is 1.46. The Bertz CT molecular complexity index is 206. The Morgan fingerprint density at radius 1 is 1.55 bits per heavy atom. The highest BCUT2D eigenvalue weighted by Crippen LogP contribution is 2.17. The normalized spacial score (nSPS) is 11.9. The topological polar surface area (TPSA) is 63.7 Å². The van der Waals surface area contributed by atoms with Gasteiger partial charge in [-0.2, -0.15) is 5.21 Å². The van der Waals surface area contributed by atoms with Gasteiger partial charge in [-0.25, -0.2) is 0 Å². The number of rotatable bonds is 3. The molecule has 0 atom stereocenters. The second-order valence-electron chi connectivity index (χ2n) is 3.05. The summed E-state index contributed by atoms with van der Waals surface area (Å²) < 4.78 is 5.01. The Morgan fingerprint density at radius 3 is 2.73 bits per heavy atom. The van der Waals surface area contributed by atoms with E-state index in [0.29, 0.717) is 12.4 Å². The van der Waals surface area contributed by atoms with E-state index in [1.165, 1.54) is 0 Å². The molecule has 11 heavy (non-hydrogen) atoms. The lowest BCUT2D eigenvalue weighted by atomic mass is 9.94. The zero-order valence-corrected chi connectivity index (χ0v) is 6.96. The molecule has 1 N–H and O–H groups in total. The molecule has 62 valence electrons. The molecule has 0 radical (unpaired) electrons. The molecule has 1 rings (SSSR count). The lowest BCUT2D eigenvalue weighted by molar-refractivity contribution is 0.142. The highest BCUT2D eigenvalue weighted by molar-refractivity contribution is 4.98. The van der Waals surface area contributed by atoms with Crippen LogP contribution in [0.25, 0.3) is 0 Å². The van der Waals surface area contributed by atoms with E-state index in [0.717, 1.165) is 0 Å². The van der Waals surface area contributed by atoms with Crippen molar-refractivity contribution < 1.29 is 4.74 Å². The zero-order chi connectivity index (χ0) is 8.32. The van der Waals surface area contributed by atoms with E-state index >= 15 is 0 Å². The fourth-order valence-corrected chi connectivity index (χ4v) is 0.874. The van der Waals surface area contributed by atoms with E-state index in [4.69, 9.17) is 4.74 Å². The van der Waals surface area contributed by atoms with Crippen molar-refractivity contribution in [2.24, 2.45) is 0 Å². The van der Waals surface area contributed by atoms with E-state index in [1.54, 1.807) is 7.11 Å². The predicted octanol–water partition coefficient (Wildman–Crippen LogP) is 0.124. The van der Waals surface area contributed by atoms with Gasteiger partial charge in [0, 0.05) is 7.11 Å². The summed E-state index contributed by atoms with van der Waals surface area (Å²) in [5.74, 6) is 0.680. The summed E-state index contributed by atoms with van der Waals surface area (Å²) in [7, 11) is 1.65. The molecule has 0 bridgehead atoms. The Balaban J connectivity index is 2.73. The van der Waals surface area contributed by atoms with Gasteiger partial charge in [0.15, 0.2) is 5.82 Å². The van der Waals surface area contributed by atoms with Crippen molar-refractivity contribution >= 4 is 0 Å². The van der Waals surface area contributed by atoms with Crippen molar-refractivity contribution in [2.45, 2.75) is 19.3 Å². The maximum absolute atomic E-state index is 5.01. The molecule has 5 heteroatoms. The highest BCUT2D eigenvalue weighted by atomic mass is 16.5. The van der Waals surface area contributed by atoms with Crippen molar-refractivity contribution in [3.05, 3.63) is 5.82 Å². The van der Waals surface area contributed by atoms with Crippen LogP contribution in [-0.2, 0) is 10.2 Å². The fourth-order valence-electron chi connectivity index (χ4n) is 0.874. The molecule has 5 nitrogen and oxygen atoms in total. The summed E-state index contributed by atoms with van der Waals surface area (Å²) in [6.07, 6.45) is 0. The first kappa shape index (κ1) is 8.13. The van der Waals surface area contributed by atoms with E-state index in [1.807, 2.05) is 13.8 Å². The molecule has 0 fully saturated rings. The van der Waals surface area contributed by atoms with Gasteiger partial charge in [0.2, 0.25) is 0 Å². The Morgan fingerprint density at radius 2 is 2.27 bits per heavy atom. The van der Waals surface area contributed by atoms with Crippen LogP contribution in [0.15, 0.2) is 0 Å². The van der Waals surface area contributed by atoms with Gasteiger partial charge in [0.1, 0.15) is 0 Å². The number of nitrogens with one attached hydrogen (secondary N) is 1.